The van der Waals surface area contributed by atoms with Crippen LogP contribution in [0.3, 0.4) is 0 Å². The third-order valence-electron chi connectivity index (χ3n) is 4.18. The molecule has 0 radical (unpaired) electrons. The fraction of sp³-hybridized carbons (Fsp3) is 0.278. The van der Waals surface area contributed by atoms with E-state index in [-0.39, 0.29) is 5.56 Å². The molecule has 6 heteroatoms. The molecule has 2 aromatic heterocycles. The predicted molar refractivity (Wildman–Crippen MR) is 95.8 cm³/mol. The Hall–Kier alpha value is -2.47. The fourth-order valence-electron chi connectivity index (χ4n) is 2.60. The van der Waals surface area contributed by atoms with Gasteiger partial charge >= 0.3 is 5.97 Å². The van der Waals surface area contributed by atoms with E-state index >= 15 is 0 Å². The van der Waals surface area contributed by atoms with Crippen molar-refractivity contribution in [2.75, 3.05) is 0 Å². The Balaban J connectivity index is 2.17. The summed E-state index contributed by atoms with van der Waals surface area (Å²) in [5, 5.41) is 11.5. The molecule has 1 unspecified atom stereocenters. The van der Waals surface area contributed by atoms with Crippen molar-refractivity contribution in [2.24, 2.45) is 0 Å². The van der Waals surface area contributed by atoms with Gasteiger partial charge in [0, 0.05) is 10.9 Å². The molecule has 0 bridgehead atoms. The van der Waals surface area contributed by atoms with Crippen molar-refractivity contribution < 1.29 is 9.90 Å². The Morgan fingerprint density at radius 2 is 1.88 bits per heavy atom. The van der Waals surface area contributed by atoms with Crippen LogP contribution in [0.2, 0.25) is 0 Å². The molecular formula is C18H18N2O3S. The molecule has 0 aliphatic rings. The zero-order valence-electron chi connectivity index (χ0n) is 13.7. The number of carboxylic acid groups (broad SMARTS) is 1. The highest BCUT2D eigenvalue weighted by molar-refractivity contribution is 7.17. The fourth-order valence-corrected chi connectivity index (χ4v) is 3.51. The number of carboxylic acids is 1. The quantitative estimate of drug-likeness (QED) is 0.780. The molecule has 0 amide bonds. The predicted octanol–water partition coefficient (Wildman–Crippen LogP) is 3.89. The van der Waals surface area contributed by atoms with Crippen LogP contribution in [0.5, 0.6) is 0 Å². The molecule has 0 saturated carbocycles. The molecule has 0 aliphatic heterocycles. The standard InChI is InChI=1S/C18H18N2O3S/c1-10(2)12-4-6-13(7-5-12)14-8-24-16-15(14)17(21)20(9-19-16)11(3)18(22)23/h4-11H,1-3H3,(H,22,23). The zero-order chi connectivity index (χ0) is 17.4. The first-order chi connectivity index (χ1) is 11.4. The van der Waals surface area contributed by atoms with Gasteiger partial charge in [-0.1, -0.05) is 38.1 Å². The first-order valence-corrected chi connectivity index (χ1v) is 8.59. The van der Waals surface area contributed by atoms with E-state index in [2.05, 4.69) is 31.0 Å². The highest BCUT2D eigenvalue weighted by Crippen LogP contribution is 2.31. The van der Waals surface area contributed by atoms with Crippen LogP contribution in [0.25, 0.3) is 21.3 Å². The van der Waals surface area contributed by atoms with Crippen LogP contribution in [0.1, 0.15) is 38.3 Å². The largest absolute Gasteiger partial charge is 0.480 e. The minimum absolute atomic E-state index is 0.320. The van der Waals surface area contributed by atoms with E-state index < -0.39 is 12.0 Å². The van der Waals surface area contributed by atoms with Crippen molar-refractivity contribution in [1.82, 2.24) is 9.55 Å². The van der Waals surface area contributed by atoms with Crippen LogP contribution in [0.4, 0.5) is 0 Å². The van der Waals surface area contributed by atoms with E-state index in [1.807, 2.05) is 17.5 Å². The number of thiophene rings is 1. The topological polar surface area (TPSA) is 72.2 Å². The van der Waals surface area contributed by atoms with Crippen molar-refractivity contribution >= 4 is 27.5 Å². The summed E-state index contributed by atoms with van der Waals surface area (Å²) in [5.74, 6) is -0.620. The Labute approximate surface area is 143 Å². The highest BCUT2D eigenvalue weighted by Gasteiger charge is 2.19. The third-order valence-corrected chi connectivity index (χ3v) is 5.07. The smallest absolute Gasteiger partial charge is 0.326 e. The average Bonchev–Trinajstić information content (AvgIpc) is 2.99. The number of rotatable bonds is 4. The van der Waals surface area contributed by atoms with Crippen LogP contribution >= 0.6 is 11.3 Å². The molecule has 1 atom stereocenters. The average molecular weight is 342 g/mol. The Morgan fingerprint density at radius 1 is 1.21 bits per heavy atom. The number of aromatic nitrogens is 2. The summed E-state index contributed by atoms with van der Waals surface area (Å²) in [6.07, 6.45) is 1.31. The van der Waals surface area contributed by atoms with Crippen molar-refractivity contribution in [3.63, 3.8) is 0 Å². The van der Waals surface area contributed by atoms with Crippen molar-refractivity contribution in [1.29, 1.82) is 0 Å². The first kappa shape index (κ1) is 16.4. The Bertz CT molecular complexity index is 955. The summed E-state index contributed by atoms with van der Waals surface area (Å²) in [5.41, 5.74) is 2.65. The van der Waals surface area contributed by atoms with Gasteiger partial charge in [-0.2, -0.15) is 0 Å². The number of carbonyl (C=O) groups is 1. The van der Waals surface area contributed by atoms with Gasteiger partial charge in [-0.25, -0.2) is 9.78 Å². The van der Waals surface area contributed by atoms with Gasteiger partial charge in [0.1, 0.15) is 10.9 Å². The molecule has 3 aromatic rings. The molecule has 1 aromatic carbocycles. The van der Waals surface area contributed by atoms with Crippen LogP contribution in [0.15, 0.2) is 40.8 Å². The SMILES string of the molecule is CC(C)c1ccc(-c2csc3ncn(C(C)C(=O)O)c(=O)c23)cc1. The Kier molecular flexibility index (Phi) is 4.24. The molecule has 1 N–H and O–H groups in total. The van der Waals surface area contributed by atoms with Gasteiger partial charge in [0.25, 0.3) is 5.56 Å². The van der Waals surface area contributed by atoms with Crippen molar-refractivity contribution in [3.05, 3.63) is 51.9 Å². The van der Waals surface area contributed by atoms with E-state index in [4.69, 9.17) is 5.11 Å². The lowest BCUT2D eigenvalue weighted by Crippen LogP contribution is -2.28. The number of nitrogens with zero attached hydrogens (tertiary/aromatic N) is 2. The molecule has 124 valence electrons. The number of hydrogen-bond acceptors (Lipinski definition) is 4. The lowest BCUT2D eigenvalue weighted by molar-refractivity contribution is -0.140. The summed E-state index contributed by atoms with van der Waals surface area (Å²) >= 11 is 1.39. The van der Waals surface area contributed by atoms with Crippen LogP contribution < -0.4 is 5.56 Å². The summed E-state index contributed by atoms with van der Waals surface area (Å²) in [7, 11) is 0. The molecule has 5 nitrogen and oxygen atoms in total. The van der Waals surface area contributed by atoms with Gasteiger partial charge in [0.05, 0.1) is 11.7 Å². The maximum atomic E-state index is 12.8. The van der Waals surface area contributed by atoms with Crippen LogP contribution in [-0.2, 0) is 4.79 Å². The van der Waals surface area contributed by atoms with Gasteiger partial charge in [0.15, 0.2) is 0 Å². The monoisotopic (exact) mass is 342 g/mol. The van der Waals surface area contributed by atoms with E-state index in [0.717, 1.165) is 11.1 Å². The minimum Gasteiger partial charge on any atom is -0.480 e. The minimum atomic E-state index is -1.06. The second kappa shape index (κ2) is 6.20. The molecule has 24 heavy (non-hydrogen) atoms. The summed E-state index contributed by atoms with van der Waals surface area (Å²) in [4.78, 5) is 28.8. The molecule has 0 saturated heterocycles. The van der Waals surface area contributed by atoms with Crippen LogP contribution in [0, 0.1) is 0 Å². The molecule has 0 fully saturated rings. The first-order valence-electron chi connectivity index (χ1n) is 7.71. The van der Waals surface area contributed by atoms with E-state index in [9.17, 15) is 9.59 Å². The lowest BCUT2D eigenvalue weighted by Gasteiger charge is -2.10. The van der Waals surface area contributed by atoms with Gasteiger partial charge in [-0.05, 0) is 24.0 Å². The Morgan fingerprint density at radius 3 is 2.46 bits per heavy atom. The van der Waals surface area contributed by atoms with Gasteiger partial charge in [0.2, 0.25) is 0 Å². The van der Waals surface area contributed by atoms with E-state index in [0.29, 0.717) is 16.1 Å². The second-order valence-electron chi connectivity index (χ2n) is 6.08. The number of fused-ring (bicyclic) bond motifs is 1. The molecular weight excluding hydrogens is 324 g/mol. The zero-order valence-corrected chi connectivity index (χ0v) is 14.5. The van der Waals surface area contributed by atoms with Gasteiger partial charge in [-0.15, -0.1) is 11.3 Å². The summed E-state index contributed by atoms with van der Waals surface area (Å²) < 4.78 is 1.17. The van der Waals surface area contributed by atoms with Gasteiger partial charge in [-0.3, -0.25) is 9.36 Å². The maximum absolute atomic E-state index is 12.8. The normalized spacial score (nSPS) is 12.7. The lowest BCUT2D eigenvalue weighted by atomic mass is 9.99. The number of aliphatic carboxylic acids is 1. The van der Waals surface area contributed by atoms with E-state index in [1.54, 1.807) is 0 Å². The van der Waals surface area contributed by atoms with Crippen molar-refractivity contribution in [2.45, 2.75) is 32.7 Å². The van der Waals surface area contributed by atoms with E-state index in [1.165, 1.54) is 34.7 Å². The summed E-state index contributed by atoms with van der Waals surface area (Å²) in [6, 6.07) is 7.14. The molecule has 0 aliphatic carbocycles. The van der Waals surface area contributed by atoms with Crippen molar-refractivity contribution in [3.8, 4) is 11.1 Å². The number of benzene rings is 1. The van der Waals surface area contributed by atoms with Crippen LogP contribution in [-0.4, -0.2) is 20.6 Å². The number of hydrogen-bond donors (Lipinski definition) is 1. The molecule has 2 heterocycles. The maximum Gasteiger partial charge on any atom is 0.326 e. The van der Waals surface area contributed by atoms with Gasteiger partial charge < -0.3 is 5.11 Å². The third kappa shape index (κ3) is 2.73. The molecule has 0 spiro atoms. The summed E-state index contributed by atoms with van der Waals surface area (Å²) in [6.45, 7) is 5.73. The second-order valence-corrected chi connectivity index (χ2v) is 6.94. The highest BCUT2D eigenvalue weighted by atomic mass is 32.1. The molecule has 3 rings (SSSR count).